The van der Waals surface area contributed by atoms with Crippen LogP contribution in [0.15, 0.2) is 36.7 Å². The van der Waals surface area contributed by atoms with E-state index in [2.05, 4.69) is 20.5 Å². The number of hydrogen-bond donors (Lipinski definition) is 2. The van der Waals surface area contributed by atoms with Gasteiger partial charge in [0.25, 0.3) is 0 Å². The van der Waals surface area contributed by atoms with E-state index in [0.29, 0.717) is 6.54 Å². The Morgan fingerprint density at radius 2 is 1.94 bits per heavy atom. The van der Waals surface area contributed by atoms with E-state index >= 15 is 0 Å². The molecule has 5 nitrogen and oxygen atoms in total. The molecule has 2 heterocycles. The van der Waals surface area contributed by atoms with E-state index in [1.54, 1.807) is 12.4 Å². The van der Waals surface area contributed by atoms with Crippen molar-refractivity contribution in [1.29, 1.82) is 0 Å². The maximum Gasteiger partial charge on any atom is 0.148 e. The molecule has 3 N–H and O–H groups in total. The smallest absolute Gasteiger partial charge is 0.148 e. The van der Waals surface area contributed by atoms with Gasteiger partial charge in [-0.3, -0.25) is 4.98 Å². The average Bonchev–Trinajstić information content (AvgIpc) is 2.40. The summed E-state index contributed by atoms with van der Waals surface area (Å²) in [4.78, 5) is 3.96. The number of rotatable bonds is 4. The second-order valence-corrected chi connectivity index (χ2v) is 3.82. The summed E-state index contributed by atoms with van der Waals surface area (Å²) in [6.07, 6.45) is 3.47. The zero-order valence-corrected chi connectivity index (χ0v) is 9.67. The molecule has 2 aromatic rings. The van der Waals surface area contributed by atoms with E-state index in [9.17, 15) is 0 Å². The van der Waals surface area contributed by atoms with Gasteiger partial charge in [0.2, 0.25) is 0 Å². The van der Waals surface area contributed by atoms with Crippen molar-refractivity contribution in [3.05, 3.63) is 36.7 Å². The van der Waals surface area contributed by atoms with Crippen LogP contribution in [0.1, 0.15) is 6.92 Å². The van der Waals surface area contributed by atoms with E-state index in [4.69, 9.17) is 5.73 Å². The lowest BCUT2D eigenvalue weighted by Gasteiger charge is -2.11. The normalized spacial score (nSPS) is 12.1. The van der Waals surface area contributed by atoms with E-state index in [0.717, 1.165) is 17.1 Å². The predicted octanol–water partition coefficient (Wildman–Crippen LogP) is 1.30. The fourth-order valence-corrected chi connectivity index (χ4v) is 1.40. The first-order valence-electron chi connectivity index (χ1n) is 5.50. The van der Waals surface area contributed by atoms with Crippen molar-refractivity contribution < 1.29 is 0 Å². The lowest BCUT2D eigenvalue weighted by atomic mass is 10.2. The summed E-state index contributed by atoms with van der Waals surface area (Å²) in [5, 5.41) is 11.4. The zero-order chi connectivity index (χ0) is 12.1. The highest BCUT2D eigenvalue weighted by Crippen LogP contribution is 2.15. The third-order valence-corrected chi connectivity index (χ3v) is 2.39. The Balaban J connectivity index is 2.13. The monoisotopic (exact) mass is 229 g/mol. The molecule has 88 valence electrons. The van der Waals surface area contributed by atoms with E-state index in [-0.39, 0.29) is 6.04 Å². The van der Waals surface area contributed by atoms with Gasteiger partial charge in [-0.2, -0.15) is 0 Å². The van der Waals surface area contributed by atoms with E-state index < -0.39 is 0 Å². The van der Waals surface area contributed by atoms with Crippen LogP contribution < -0.4 is 11.1 Å². The molecule has 0 aliphatic rings. The van der Waals surface area contributed by atoms with E-state index in [1.165, 1.54) is 0 Å². The maximum atomic E-state index is 5.52. The Hall–Kier alpha value is -2.01. The largest absolute Gasteiger partial charge is 0.365 e. The molecule has 0 radical (unpaired) electrons. The SMILES string of the molecule is CC(CN)Nc1ccc(-c2ccncc2)nn1. The van der Waals surface area contributed by atoms with Crippen LogP contribution in [0.3, 0.4) is 0 Å². The third-order valence-electron chi connectivity index (χ3n) is 2.39. The van der Waals surface area contributed by atoms with Gasteiger partial charge in [-0.25, -0.2) is 0 Å². The Bertz CT molecular complexity index is 454. The van der Waals surface area contributed by atoms with Crippen LogP contribution in [0.25, 0.3) is 11.3 Å². The molecular formula is C12H15N5. The van der Waals surface area contributed by atoms with Crippen molar-refractivity contribution in [1.82, 2.24) is 15.2 Å². The van der Waals surface area contributed by atoms with Crippen LogP contribution >= 0.6 is 0 Å². The summed E-state index contributed by atoms with van der Waals surface area (Å²) in [7, 11) is 0. The van der Waals surface area contributed by atoms with Crippen molar-refractivity contribution in [2.24, 2.45) is 5.73 Å². The van der Waals surface area contributed by atoms with Crippen molar-refractivity contribution in [2.75, 3.05) is 11.9 Å². The highest BCUT2D eigenvalue weighted by atomic mass is 15.2. The molecule has 17 heavy (non-hydrogen) atoms. The van der Waals surface area contributed by atoms with Crippen molar-refractivity contribution in [2.45, 2.75) is 13.0 Å². The van der Waals surface area contributed by atoms with Crippen LogP contribution in [-0.2, 0) is 0 Å². The zero-order valence-electron chi connectivity index (χ0n) is 9.67. The predicted molar refractivity (Wildman–Crippen MR) is 67.4 cm³/mol. The van der Waals surface area contributed by atoms with Gasteiger partial charge in [0.1, 0.15) is 5.82 Å². The first kappa shape index (κ1) is 11.5. The number of anilines is 1. The summed E-state index contributed by atoms with van der Waals surface area (Å²) in [5.74, 6) is 0.737. The molecule has 0 spiro atoms. The minimum Gasteiger partial charge on any atom is -0.365 e. The molecule has 0 aromatic carbocycles. The molecule has 0 aliphatic carbocycles. The van der Waals surface area contributed by atoms with Crippen molar-refractivity contribution >= 4 is 5.82 Å². The molecule has 1 unspecified atom stereocenters. The highest BCUT2D eigenvalue weighted by Gasteiger charge is 2.02. The number of hydrogen-bond acceptors (Lipinski definition) is 5. The number of nitrogens with two attached hydrogens (primary N) is 1. The Labute approximate surface area is 100 Å². The third kappa shape index (κ3) is 2.98. The second-order valence-electron chi connectivity index (χ2n) is 3.82. The van der Waals surface area contributed by atoms with Gasteiger partial charge in [-0.15, -0.1) is 10.2 Å². The molecular weight excluding hydrogens is 214 g/mol. The number of nitrogens with zero attached hydrogens (tertiary/aromatic N) is 3. The molecule has 1 atom stereocenters. The number of aromatic nitrogens is 3. The van der Waals surface area contributed by atoms with Crippen LogP contribution in [0.5, 0.6) is 0 Å². The van der Waals surface area contributed by atoms with Gasteiger partial charge in [0.05, 0.1) is 5.69 Å². The number of nitrogens with one attached hydrogen (secondary N) is 1. The van der Waals surface area contributed by atoms with Gasteiger partial charge in [0.15, 0.2) is 0 Å². The lowest BCUT2D eigenvalue weighted by Crippen LogP contribution is -2.25. The van der Waals surface area contributed by atoms with Gasteiger partial charge < -0.3 is 11.1 Å². The van der Waals surface area contributed by atoms with Crippen molar-refractivity contribution in [3.8, 4) is 11.3 Å². The molecule has 0 saturated heterocycles. The quantitative estimate of drug-likeness (QED) is 0.826. The Morgan fingerprint density at radius 3 is 2.53 bits per heavy atom. The van der Waals surface area contributed by atoms with Gasteiger partial charge in [-0.05, 0) is 31.2 Å². The summed E-state index contributed by atoms with van der Waals surface area (Å²) < 4.78 is 0. The number of pyridine rings is 1. The summed E-state index contributed by atoms with van der Waals surface area (Å²) in [6, 6.07) is 7.82. The second kappa shape index (κ2) is 5.36. The summed E-state index contributed by atoms with van der Waals surface area (Å²) >= 11 is 0. The molecule has 0 aliphatic heterocycles. The Kier molecular flexibility index (Phi) is 3.62. The molecule has 0 bridgehead atoms. The van der Waals surface area contributed by atoms with Gasteiger partial charge >= 0.3 is 0 Å². The van der Waals surface area contributed by atoms with E-state index in [1.807, 2.05) is 31.2 Å². The molecule has 0 saturated carbocycles. The summed E-state index contributed by atoms with van der Waals surface area (Å²) in [6.45, 7) is 2.56. The fourth-order valence-electron chi connectivity index (χ4n) is 1.40. The summed E-state index contributed by atoms with van der Waals surface area (Å²) in [5.41, 5.74) is 7.36. The van der Waals surface area contributed by atoms with Crippen LogP contribution in [0.2, 0.25) is 0 Å². The van der Waals surface area contributed by atoms with Crippen molar-refractivity contribution in [3.63, 3.8) is 0 Å². The molecule has 5 heteroatoms. The first-order chi connectivity index (χ1) is 8.29. The molecule has 0 fully saturated rings. The topological polar surface area (TPSA) is 76.7 Å². The minimum absolute atomic E-state index is 0.191. The molecule has 2 aromatic heterocycles. The lowest BCUT2D eigenvalue weighted by molar-refractivity contribution is 0.792. The van der Waals surface area contributed by atoms with Crippen LogP contribution in [0.4, 0.5) is 5.82 Å². The minimum atomic E-state index is 0.191. The maximum absolute atomic E-state index is 5.52. The standard InChI is InChI=1S/C12H15N5/c1-9(8-13)15-12-3-2-11(16-17-12)10-4-6-14-7-5-10/h2-7,9H,8,13H2,1H3,(H,15,17). The fraction of sp³-hybridized carbons (Fsp3) is 0.250. The first-order valence-corrected chi connectivity index (χ1v) is 5.50. The molecule has 0 amide bonds. The van der Waals surface area contributed by atoms with Gasteiger partial charge in [0, 0.05) is 30.5 Å². The average molecular weight is 229 g/mol. The van der Waals surface area contributed by atoms with Crippen LogP contribution in [-0.4, -0.2) is 27.8 Å². The Morgan fingerprint density at radius 1 is 1.18 bits per heavy atom. The van der Waals surface area contributed by atoms with Crippen LogP contribution in [0, 0.1) is 0 Å². The van der Waals surface area contributed by atoms with Gasteiger partial charge in [-0.1, -0.05) is 0 Å². The molecule has 2 rings (SSSR count). The highest BCUT2D eigenvalue weighted by molar-refractivity contribution is 5.58.